The summed E-state index contributed by atoms with van der Waals surface area (Å²) in [5.74, 6) is 1.77. The standard InChI is InChI=1S/C23H43N5O2/c1-4-24-23(26-20-10-7-8-11-20)25-13-9-5-6-12-21(29)27-14-16-28(17-15-27)22(30)18-19(2)3/h19-20H,4-18H2,1-3H3,(H2,24,25,26). The fourth-order valence-electron chi connectivity index (χ4n) is 4.18. The summed E-state index contributed by atoms with van der Waals surface area (Å²) < 4.78 is 0. The van der Waals surface area contributed by atoms with Crippen molar-refractivity contribution >= 4 is 17.8 Å². The summed E-state index contributed by atoms with van der Waals surface area (Å²) in [6.07, 6.45) is 9.25. The van der Waals surface area contributed by atoms with Gasteiger partial charge in [-0.1, -0.05) is 33.1 Å². The molecule has 2 N–H and O–H groups in total. The van der Waals surface area contributed by atoms with Crippen molar-refractivity contribution in [2.45, 2.75) is 84.6 Å². The SMILES string of the molecule is CCNC(=NCCCCCC(=O)N1CCN(C(=O)CC(C)C)CC1)NC1CCCC1. The van der Waals surface area contributed by atoms with Crippen molar-refractivity contribution in [1.82, 2.24) is 20.4 Å². The van der Waals surface area contributed by atoms with Gasteiger partial charge in [0.2, 0.25) is 11.8 Å². The number of nitrogens with zero attached hydrogens (tertiary/aromatic N) is 3. The molecule has 30 heavy (non-hydrogen) atoms. The number of amides is 2. The lowest BCUT2D eigenvalue weighted by molar-refractivity contribution is -0.140. The molecule has 7 heteroatoms. The molecule has 1 aliphatic carbocycles. The summed E-state index contributed by atoms with van der Waals surface area (Å²) in [6, 6.07) is 0.571. The topological polar surface area (TPSA) is 77.0 Å². The van der Waals surface area contributed by atoms with E-state index in [0.29, 0.717) is 51.0 Å². The van der Waals surface area contributed by atoms with Gasteiger partial charge in [-0.05, 0) is 38.5 Å². The maximum Gasteiger partial charge on any atom is 0.222 e. The molecule has 0 bridgehead atoms. The van der Waals surface area contributed by atoms with E-state index in [9.17, 15) is 9.59 Å². The second-order valence-electron chi connectivity index (χ2n) is 9.06. The van der Waals surface area contributed by atoms with Gasteiger partial charge in [-0.3, -0.25) is 14.6 Å². The van der Waals surface area contributed by atoms with Gasteiger partial charge in [-0.2, -0.15) is 0 Å². The van der Waals surface area contributed by atoms with E-state index >= 15 is 0 Å². The lowest BCUT2D eigenvalue weighted by atomic mass is 10.1. The second kappa shape index (κ2) is 13.5. The first-order valence-electron chi connectivity index (χ1n) is 12.1. The molecule has 0 aromatic rings. The van der Waals surface area contributed by atoms with Crippen LogP contribution in [-0.4, -0.2) is 72.9 Å². The first-order chi connectivity index (χ1) is 14.5. The Labute approximate surface area is 183 Å². The monoisotopic (exact) mass is 421 g/mol. The molecule has 172 valence electrons. The number of carbonyl (C=O) groups is 2. The van der Waals surface area contributed by atoms with Crippen molar-refractivity contribution in [3.63, 3.8) is 0 Å². The quantitative estimate of drug-likeness (QED) is 0.323. The number of aliphatic imine (C=N–C) groups is 1. The first-order valence-corrected chi connectivity index (χ1v) is 12.1. The Morgan fingerprint density at radius 1 is 0.967 bits per heavy atom. The van der Waals surface area contributed by atoms with Crippen LogP contribution in [0.4, 0.5) is 0 Å². The molecule has 2 aliphatic rings. The Bertz CT molecular complexity index is 550. The first kappa shape index (κ1) is 24.5. The zero-order valence-corrected chi connectivity index (χ0v) is 19.4. The van der Waals surface area contributed by atoms with Crippen molar-refractivity contribution < 1.29 is 9.59 Å². The number of nitrogens with one attached hydrogen (secondary N) is 2. The molecule has 0 aromatic carbocycles. The third kappa shape index (κ3) is 8.92. The van der Waals surface area contributed by atoms with E-state index in [4.69, 9.17) is 4.99 Å². The summed E-state index contributed by atoms with van der Waals surface area (Å²) in [5.41, 5.74) is 0. The van der Waals surface area contributed by atoms with Gasteiger partial charge < -0.3 is 20.4 Å². The molecule has 1 heterocycles. The molecule has 0 spiro atoms. The Morgan fingerprint density at radius 3 is 2.20 bits per heavy atom. The van der Waals surface area contributed by atoms with E-state index in [1.165, 1.54) is 25.7 Å². The minimum absolute atomic E-state index is 0.219. The summed E-state index contributed by atoms with van der Waals surface area (Å²) in [7, 11) is 0. The highest BCUT2D eigenvalue weighted by atomic mass is 16.2. The van der Waals surface area contributed by atoms with Gasteiger partial charge in [0.05, 0.1) is 0 Å². The Kier molecular flexibility index (Phi) is 11.0. The molecule has 1 saturated heterocycles. The molecular weight excluding hydrogens is 378 g/mol. The normalized spacial score (nSPS) is 18.2. The van der Waals surface area contributed by atoms with E-state index in [2.05, 4.69) is 31.4 Å². The molecule has 0 aromatic heterocycles. The van der Waals surface area contributed by atoms with Crippen LogP contribution in [0.5, 0.6) is 0 Å². The van der Waals surface area contributed by atoms with E-state index < -0.39 is 0 Å². The van der Waals surface area contributed by atoms with Gasteiger partial charge in [0.25, 0.3) is 0 Å². The van der Waals surface area contributed by atoms with Gasteiger partial charge in [0.15, 0.2) is 5.96 Å². The van der Waals surface area contributed by atoms with E-state index in [-0.39, 0.29) is 11.8 Å². The Morgan fingerprint density at radius 2 is 1.60 bits per heavy atom. The summed E-state index contributed by atoms with van der Waals surface area (Å²) >= 11 is 0. The highest BCUT2D eigenvalue weighted by Crippen LogP contribution is 2.17. The second-order valence-corrected chi connectivity index (χ2v) is 9.06. The largest absolute Gasteiger partial charge is 0.357 e. The van der Waals surface area contributed by atoms with Gasteiger partial charge in [0.1, 0.15) is 0 Å². The molecule has 2 amide bonds. The zero-order valence-electron chi connectivity index (χ0n) is 19.4. The molecule has 0 radical (unpaired) electrons. The van der Waals surface area contributed by atoms with Crippen LogP contribution in [0, 0.1) is 5.92 Å². The van der Waals surface area contributed by atoms with Crippen LogP contribution in [0.25, 0.3) is 0 Å². The van der Waals surface area contributed by atoms with Crippen LogP contribution in [-0.2, 0) is 9.59 Å². The third-order valence-corrected chi connectivity index (χ3v) is 5.93. The van der Waals surface area contributed by atoms with E-state index in [1.54, 1.807) is 0 Å². The summed E-state index contributed by atoms with van der Waals surface area (Å²) in [5, 5.41) is 6.87. The van der Waals surface area contributed by atoms with Gasteiger partial charge in [-0.25, -0.2) is 0 Å². The fraction of sp³-hybridized carbons (Fsp3) is 0.870. The van der Waals surface area contributed by atoms with Crippen molar-refractivity contribution in [2.24, 2.45) is 10.9 Å². The minimum atomic E-state index is 0.219. The predicted octanol–water partition coefficient (Wildman–Crippen LogP) is 2.76. The number of rotatable bonds is 10. The van der Waals surface area contributed by atoms with E-state index in [1.807, 2.05) is 9.80 Å². The van der Waals surface area contributed by atoms with Gasteiger partial charge in [0, 0.05) is 58.2 Å². The number of hydrogen-bond donors (Lipinski definition) is 2. The van der Waals surface area contributed by atoms with Crippen molar-refractivity contribution in [1.29, 1.82) is 0 Å². The maximum absolute atomic E-state index is 12.4. The lowest BCUT2D eigenvalue weighted by Crippen LogP contribution is -2.50. The molecular formula is C23H43N5O2. The van der Waals surface area contributed by atoms with Crippen LogP contribution in [0.1, 0.15) is 78.6 Å². The average Bonchev–Trinajstić information content (AvgIpc) is 3.23. The highest BCUT2D eigenvalue weighted by Gasteiger charge is 2.24. The number of carbonyl (C=O) groups excluding carboxylic acids is 2. The molecule has 1 aliphatic heterocycles. The van der Waals surface area contributed by atoms with E-state index in [0.717, 1.165) is 38.3 Å². The number of unbranched alkanes of at least 4 members (excludes halogenated alkanes) is 2. The Hall–Kier alpha value is -1.79. The van der Waals surface area contributed by atoms with Crippen LogP contribution in [0.2, 0.25) is 0 Å². The van der Waals surface area contributed by atoms with Crippen molar-refractivity contribution in [3.05, 3.63) is 0 Å². The minimum Gasteiger partial charge on any atom is -0.357 e. The number of guanidine groups is 1. The maximum atomic E-state index is 12.4. The van der Waals surface area contributed by atoms with Gasteiger partial charge in [-0.15, -0.1) is 0 Å². The number of piperazine rings is 1. The van der Waals surface area contributed by atoms with Crippen molar-refractivity contribution in [3.8, 4) is 0 Å². The van der Waals surface area contributed by atoms with Crippen LogP contribution >= 0.6 is 0 Å². The summed E-state index contributed by atoms with van der Waals surface area (Å²) in [6.45, 7) is 10.6. The van der Waals surface area contributed by atoms with Crippen LogP contribution < -0.4 is 10.6 Å². The average molecular weight is 422 g/mol. The van der Waals surface area contributed by atoms with Crippen molar-refractivity contribution in [2.75, 3.05) is 39.3 Å². The molecule has 1 saturated carbocycles. The predicted molar refractivity (Wildman–Crippen MR) is 122 cm³/mol. The molecule has 7 nitrogen and oxygen atoms in total. The smallest absolute Gasteiger partial charge is 0.222 e. The van der Waals surface area contributed by atoms with Crippen LogP contribution in [0.3, 0.4) is 0 Å². The van der Waals surface area contributed by atoms with Gasteiger partial charge >= 0.3 is 0 Å². The summed E-state index contributed by atoms with van der Waals surface area (Å²) in [4.78, 5) is 33.1. The fourth-order valence-corrected chi connectivity index (χ4v) is 4.18. The molecule has 2 fully saturated rings. The molecule has 0 atom stereocenters. The highest BCUT2D eigenvalue weighted by molar-refractivity contribution is 5.80. The third-order valence-electron chi connectivity index (χ3n) is 5.93. The molecule has 0 unspecified atom stereocenters. The molecule has 2 rings (SSSR count). The lowest BCUT2D eigenvalue weighted by Gasteiger charge is -2.35. The van der Waals surface area contributed by atoms with Crippen LogP contribution in [0.15, 0.2) is 4.99 Å². The Balaban J connectivity index is 1.57. The zero-order chi connectivity index (χ0) is 21.8. The number of hydrogen-bond acceptors (Lipinski definition) is 3.